The van der Waals surface area contributed by atoms with E-state index in [1.54, 1.807) is 0 Å². The van der Waals surface area contributed by atoms with Crippen LogP contribution in [-0.2, 0) is 29.5 Å². The van der Waals surface area contributed by atoms with Gasteiger partial charge in [0, 0.05) is 37.3 Å². The van der Waals surface area contributed by atoms with Crippen molar-refractivity contribution in [2.24, 2.45) is 5.92 Å². The lowest BCUT2D eigenvalue weighted by Gasteiger charge is -2.32. The van der Waals surface area contributed by atoms with Crippen molar-refractivity contribution in [3.8, 4) is 11.1 Å². The molecule has 6 heteroatoms. The Hall–Kier alpha value is -1.92. The molecule has 0 atom stereocenters. The monoisotopic (exact) mass is 386 g/mol. The highest BCUT2D eigenvalue weighted by Gasteiger charge is 2.28. The van der Waals surface area contributed by atoms with Gasteiger partial charge in [0.15, 0.2) is 0 Å². The van der Waals surface area contributed by atoms with Crippen LogP contribution in [0.25, 0.3) is 11.1 Å². The van der Waals surface area contributed by atoms with Gasteiger partial charge in [-0.25, -0.2) is 8.42 Å². The predicted octanol–water partition coefficient (Wildman–Crippen LogP) is 2.94. The normalized spacial score (nSPS) is 18.1. The summed E-state index contributed by atoms with van der Waals surface area (Å²) in [6.45, 7) is 3.56. The Morgan fingerprint density at radius 1 is 1.15 bits per heavy atom. The summed E-state index contributed by atoms with van der Waals surface area (Å²) < 4.78 is 27.5. The molecule has 27 heavy (non-hydrogen) atoms. The van der Waals surface area contributed by atoms with Crippen LogP contribution in [0.2, 0.25) is 0 Å². The van der Waals surface area contributed by atoms with Crippen molar-refractivity contribution in [1.29, 1.82) is 0 Å². The molecular weight excluding hydrogens is 360 g/mol. The van der Waals surface area contributed by atoms with Gasteiger partial charge in [-0.15, -0.1) is 0 Å². The molecule has 1 aliphatic heterocycles. The second-order valence-electron chi connectivity index (χ2n) is 7.96. The molecule has 0 amide bonds. The molecule has 1 aliphatic carbocycles. The fourth-order valence-corrected chi connectivity index (χ4v) is 4.84. The number of rotatable bonds is 4. The Balaban J connectivity index is 1.83. The molecule has 0 radical (unpaired) electrons. The molecule has 2 aromatic rings. The lowest BCUT2D eigenvalue weighted by Crippen LogP contribution is -2.40. The highest BCUT2D eigenvalue weighted by atomic mass is 32.2. The van der Waals surface area contributed by atoms with Crippen LogP contribution < -0.4 is 5.56 Å². The minimum absolute atomic E-state index is 0.0531. The lowest BCUT2D eigenvalue weighted by molar-refractivity contribution is 0.267. The summed E-state index contributed by atoms with van der Waals surface area (Å²) in [7, 11) is -3.25. The van der Waals surface area contributed by atoms with E-state index >= 15 is 0 Å². The van der Waals surface area contributed by atoms with Crippen LogP contribution in [0, 0.1) is 12.8 Å². The largest absolute Gasteiger partial charge is 0.311 e. The van der Waals surface area contributed by atoms with Crippen molar-refractivity contribution >= 4 is 10.0 Å². The first-order chi connectivity index (χ1) is 12.8. The third-order valence-electron chi connectivity index (χ3n) is 5.93. The van der Waals surface area contributed by atoms with Gasteiger partial charge in [-0.05, 0) is 42.9 Å². The molecule has 2 heterocycles. The van der Waals surface area contributed by atoms with E-state index in [1.165, 1.54) is 29.8 Å². The maximum Gasteiger partial charge on any atom is 0.258 e. The molecule has 144 valence electrons. The van der Waals surface area contributed by atoms with E-state index in [-0.39, 0.29) is 5.56 Å². The van der Waals surface area contributed by atoms with Crippen molar-refractivity contribution in [2.45, 2.75) is 45.7 Å². The summed E-state index contributed by atoms with van der Waals surface area (Å²) in [4.78, 5) is 13.3. The summed E-state index contributed by atoms with van der Waals surface area (Å²) in [5.74, 6) is 0.563. The standard InChI is InChI=1S/C21H26N2O3S/c1-15-6-8-17(9-7-15)19-12-18-14-22(27(2,25)26)11-10-20(18)23(21(19)24)13-16-4-3-5-16/h6-9,12,16H,3-5,10-11,13-14H2,1-2H3. The first-order valence-corrected chi connectivity index (χ1v) is 11.5. The van der Waals surface area contributed by atoms with Gasteiger partial charge in [-0.3, -0.25) is 4.79 Å². The molecule has 0 saturated heterocycles. The molecule has 2 aliphatic rings. The van der Waals surface area contributed by atoms with Crippen molar-refractivity contribution in [3.63, 3.8) is 0 Å². The highest BCUT2D eigenvalue weighted by Crippen LogP contribution is 2.30. The molecule has 0 spiro atoms. The average Bonchev–Trinajstić information content (AvgIpc) is 2.58. The number of aryl methyl sites for hydroxylation is 1. The molecule has 1 saturated carbocycles. The maximum atomic E-state index is 13.3. The molecule has 5 nitrogen and oxygen atoms in total. The number of aromatic nitrogens is 1. The van der Waals surface area contributed by atoms with Crippen LogP contribution in [0.1, 0.15) is 36.1 Å². The molecule has 4 rings (SSSR count). The Kier molecular flexibility index (Phi) is 4.72. The van der Waals surface area contributed by atoms with Crippen LogP contribution in [0.3, 0.4) is 0 Å². The summed E-state index contributed by atoms with van der Waals surface area (Å²) in [5, 5.41) is 0. The van der Waals surface area contributed by atoms with Crippen LogP contribution in [0.4, 0.5) is 0 Å². The number of sulfonamides is 1. The van der Waals surface area contributed by atoms with Crippen LogP contribution in [-0.4, -0.2) is 30.1 Å². The molecule has 0 bridgehead atoms. The van der Waals surface area contributed by atoms with E-state index in [0.29, 0.717) is 31.0 Å². The summed E-state index contributed by atoms with van der Waals surface area (Å²) >= 11 is 0. The Morgan fingerprint density at radius 3 is 2.44 bits per heavy atom. The minimum Gasteiger partial charge on any atom is -0.311 e. The first-order valence-electron chi connectivity index (χ1n) is 9.60. The minimum atomic E-state index is -3.25. The number of benzene rings is 1. The second kappa shape index (κ2) is 6.91. The Labute approximate surface area is 160 Å². The van der Waals surface area contributed by atoms with E-state index in [2.05, 4.69) is 0 Å². The molecule has 1 aromatic carbocycles. The molecule has 1 fully saturated rings. The van der Waals surface area contributed by atoms with E-state index in [9.17, 15) is 13.2 Å². The number of fused-ring (bicyclic) bond motifs is 1. The van der Waals surface area contributed by atoms with Crippen LogP contribution in [0.15, 0.2) is 35.1 Å². The average molecular weight is 387 g/mol. The van der Waals surface area contributed by atoms with E-state index in [0.717, 1.165) is 28.9 Å². The predicted molar refractivity (Wildman–Crippen MR) is 107 cm³/mol. The number of hydrogen-bond donors (Lipinski definition) is 0. The summed E-state index contributed by atoms with van der Waals surface area (Å²) in [6.07, 6.45) is 5.43. The summed E-state index contributed by atoms with van der Waals surface area (Å²) in [6, 6.07) is 9.88. The van der Waals surface area contributed by atoms with Gasteiger partial charge in [0.05, 0.1) is 6.26 Å². The van der Waals surface area contributed by atoms with Crippen LogP contribution in [0.5, 0.6) is 0 Å². The van der Waals surface area contributed by atoms with Gasteiger partial charge < -0.3 is 4.57 Å². The van der Waals surface area contributed by atoms with Gasteiger partial charge in [0.2, 0.25) is 10.0 Å². The highest BCUT2D eigenvalue weighted by molar-refractivity contribution is 7.88. The SMILES string of the molecule is Cc1ccc(-c2cc3c(n(CC4CCC4)c2=O)CCN(S(C)(=O)=O)C3)cc1. The molecular formula is C21H26N2O3S. The van der Waals surface area contributed by atoms with Crippen molar-refractivity contribution in [2.75, 3.05) is 12.8 Å². The second-order valence-corrected chi connectivity index (χ2v) is 9.94. The third kappa shape index (κ3) is 3.60. The van der Waals surface area contributed by atoms with E-state index < -0.39 is 10.0 Å². The van der Waals surface area contributed by atoms with Gasteiger partial charge in [0.25, 0.3) is 5.56 Å². The van der Waals surface area contributed by atoms with Crippen molar-refractivity contribution in [3.05, 3.63) is 57.5 Å². The van der Waals surface area contributed by atoms with Crippen LogP contribution >= 0.6 is 0 Å². The molecule has 0 unspecified atom stereocenters. The zero-order valence-corrected chi connectivity index (χ0v) is 16.8. The molecule has 0 N–H and O–H groups in total. The molecule has 1 aromatic heterocycles. The lowest BCUT2D eigenvalue weighted by atomic mass is 9.85. The van der Waals surface area contributed by atoms with Crippen molar-refractivity contribution in [1.82, 2.24) is 8.87 Å². The fraction of sp³-hybridized carbons (Fsp3) is 0.476. The third-order valence-corrected chi connectivity index (χ3v) is 7.18. The topological polar surface area (TPSA) is 59.4 Å². The smallest absolute Gasteiger partial charge is 0.258 e. The van der Waals surface area contributed by atoms with E-state index in [4.69, 9.17) is 0 Å². The fourth-order valence-electron chi connectivity index (χ4n) is 4.04. The first kappa shape index (κ1) is 18.4. The van der Waals surface area contributed by atoms with Gasteiger partial charge in [-0.1, -0.05) is 36.2 Å². The maximum absolute atomic E-state index is 13.3. The quantitative estimate of drug-likeness (QED) is 0.812. The Bertz CT molecular complexity index is 1020. The number of nitrogens with zero attached hydrogens (tertiary/aromatic N) is 2. The zero-order valence-electron chi connectivity index (χ0n) is 15.9. The number of pyridine rings is 1. The van der Waals surface area contributed by atoms with Gasteiger partial charge in [0.1, 0.15) is 0 Å². The number of hydrogen-bond acceptors (Lipinski definition) is 3. The zero-order chi connectivity index (χ0) is 19.2. The van der Waals surface area contributed by atoms with E-state index in [1.807, 2.05) is 41.8 Å². The summed E-state index contributed by atoms with van der Waals surface area (Å²) in [5.41, 5.74) is 4.74. The van der Waals surface area contributed by atoms with Crippen molar-refractivity contribution < 1.29 is 8.42 Å². The van der Waals surface area contributed by atoms with Gasteiger partial charge >= 0.3 is 0 Å². The van der Waals surface area contributed by atoms with Gasteiger partial charge in [-0.2, -0.15) is 4.31 Å². The Morgan fingerprint density at radius 2 is 1.85 bits per heavy atom.